The SMILES string of the molecule is CC(C)CCC1CCCC1NCCCO. The molecule has 0 aromatic heterocycles. The minimum atomic E-state index is 0.316. The van der Waals surface area contributed by atoms with Gasteiger partial charge in [0.25, 0.3) is 0 Å². The topological polar surface area (TPSA) is 32.3 Å². The maximum absolute atomic E-state index is 8.74. The van der Waals surface area contributed by atoms with Gasteiger partial charge < -0.3 is 10.4 Å². The number of hydrogen-bond donors (Lipinski definition) is 2. The smallest absolute Gasteiger partial charge is 0.0443 e. The number of hydrogen-bond acceptors (Lipinski definition) is 2. The van der Waals surface area contributed by atoms with Crippen LogP contribution < -0.4 is 5.32 Å². The Bertz CT molecular complexity index is 159. The maximum atomic E-state index is 8.74. The van der Waals surface area contributed by atoms with Crippen molar-refractivity contribution in [1.29, 1.82) is 0 Å². The summed E-state index contributed by atoms with van der Waals surface area (Å²) in [5.74, 6) is 1.73. The number of aliphatic hydroxyl groups is 1. The van der Waals surface area contributed by atoms with E-state index in [1.807, 2.05) is 0 Å². The van der Waals surface area contributed by atoms with Crippen LogP contribution in [0.4, 0.5) is 0 Å². The van der Waals surface area contributed by atoms with Crippen molar-refractivity contribution in [2.75, 3.05) is 13.2 Å². The molecule has 2 heteroatoms. The van der Waals surface area contributed by atoms with Crippen LogP contribution in [0.2, 0.25) is 0 Å². The summed E-state index contributed by atoms with van der Waals surface area (Å²) in [6.07, 6.45) is 7.78. The van der Waals surface area contributed by atoms with E-state index >= 15 is 0 Å². The first-order valence-corrected chi connectivity index (χ1v) is 6.58. The molecule has 1 aliphatic carbocycles. The molecule has 0 radical (unpaired) electrons. The third-order valence-electron chi connectivity index (χ3n) is 3.52. The third kappa shape index (κ3) is 4.98. The molecule has 90 valence electrons. The average molecular weight is 213 g/mol. The van der Waals surface area contributed by atoms with Gasteiger partial charge in [-0.25, -0.2) is 0 Å². The van der Waals surface area contributed by atoms with Crippen LogP contribution in [0.1, 0.15) is 52.4 Å². The molecule has 2 atom stereocenters. The summed E-state index contributed by atoms with van der Waals surface area (Å²) in [6, 6.07) is 0.732. The molecule has 0 aromatic carbocycles. The second-order valence-electron chi connectivity index (χ2n) is 5.30. The molecule has 0 aliphatic heterocycles. The Labute approximate surface area is 94.5 Å². The fraction of sp³-hybridized carbons (Fsp3) is 1.00. The van der Waals surface area contributed by atoms with Gasteiger partial charge in [-0.2, -0.15) is 0 Å². The van der Waals surface area contributed by atoms with E-state index in [0.29, 0.717) is 6.61 Å². The van der Waals surface area contributed by atoms with E-state index in [4.69, 9.17) is 5.11 Å². The lowest BCUT2D eigenvalue weighted by Gasteiger charge is -2.21. The minimum Gasteiger partial charge on any atom is -0.396 e. The first kappa shape index (κ1) is 13.0. The second kappa shape index (κ2) is 7.24. The standard InChI is InChI=1S/C13H27NO/c1-11(2)7-8-12-5-3-6-13(12)14-9-4-10-15/h11-15H,3-10H2,1-2H3. The van der Waals surface area contributed by atoms with Crippen LogP contribution in [0.3, 0.4) is 0 Å². The van der Waals surface area contributed by atoms with E-state index in [-0.39, 0.29) is 0 Å². The molecule has 2 N–H and O–H groups in total. The molecule has 2 nitrogen and oxygen atoms in total. The molecule has 0 amide bonds. The molecular weight excluding hydrogens is 186 g/mol. The van der Waals surface area contributed by atoms with Crippen LogP contribution in [0.5, 0.6) is 0 Å². The predicted molar refractivity (Wildman–Crippen MR) is 64.9 cm³/mol. The van der Waals surface area contributed by atoms with Crippen LogP contribution in [0, 0.1) is 11.8 Å². The predicted octanol–water partition coefficient (Wildman–Crippen LogP) is 2.56. The van der Waals surface area contributed by atoms with Crippen molar-refractivity contribution in [3.8, 4) is 0 Å². The lowest BCUT2D eigenvalue weighted by molar-refractivity contribution is 0.276. The van der Waals surface area contributed by atoms with Crippen molar-refractivity contribution in [2.24, 2.45) is 11.8 Å². The van der Waals surface area contributed by atoms with Gasteiger partial charge in [0.05, 0.1) is 0 Å². The van der Waals surface area contributed by atoms with Crippen molar-refractivity contribution in [3.05, 3.63) is 0 Å². The summed E-state index contributed by atoms with van der Waals surface area (Å²) in [4.78, 5) is 0. The summed E-state index contributed by atoms with van der Waals surface area (Å²) in [5.41, 5.74) is 0. The molecule has 1 aliphatic rings. The van der Waals surface area contributed by atoms with E-state index in [0.717, 1.165) is 30.8 Å². The Hall–Kier alpha value is -0.0800. The normalized spacial score (nSPS) is 26.4. The highest BCUT2D eigenvalue weighted by atomic mass is 16.3. The monoisotopic (exact) mass is 213 g/mol. The van der Waals surface area contributed by atoms with Crippen LogP contribution in [0.15, 0.2) is 0 Å². The highest BCUT2D eigenvalue weighted by Crippen LogP contribution is 2.30. The van der Waals surface area contributed by atoms with Gasteiger partial charge in [0.15, 0.2) is 0 Å². The molecular formula is C13H27NO. The van der Waals surface area contributed by atoms with Gasteiger partial charge >= 0.3 is 0 Å². The Morgan fingerprint density at radius 3 is 2.80 bits per heavy atom. The van der Waals surface area contributed by atoms with Gasteiger partial charge in [-0.15, -0.1) is 0 Å². The molecule has 0 saturated heterocycles. The second-order valence-corrected chi connectivity index (χ2v) is 5.30. The zero-order chi connectivity index (χ0) is 11.1. The molecule has 15 heavy (non-hydrogen) atoms. The Kier molecular flexibility index (Phi) is 6.26. The van der Waals surface area contributed by atoms with Crippen LogP contribution in [-0.2, 0) is 0 Å². The number of aliphatic hydroxyl groups excluding tert-OH is 1. The largest absolute Gasteiger partial charge is 0.396 e. The van der Waals surface area contributed by atoms with E-state index in [1.165, 1.54) is 32.1 Å². The lowest BCUT2D eigenvalue weighted by atomic mass is 9.93. The summed E-state index contributed by atoms with van der Waals surface area (Å²) in [5, 5.41) is 12.3. The first-order chi connectivity index (χ1) is 7.24. The van der Waals surface area contributed by atoms with Gasteiger partial charge in [-0.3, -0.25) is 0 Å². The van der Waals surface area contributed by atoms with Gasteiger partial charge in [0.1, 0.15) is 0 Å². The fourth-order valence-electron chi connectivity index (χ4n) is 2.57. The van der Waals surface area contributed by atoms with E-state index in [1.54, 1.807) is 0 Å². The first-order valence-electron chi connectivity index (χ1n) is 6.58. The Balaban J connectivity index is 2.17. The minimum absolute atomic E-state index is 0.316. The van der Waals surface area contributed by atoms with Crippen LogP contribution in [0.25, 0.3) is 0 Å². The highest BCUT2D eigenvalue weighted by Gasteiger charge is 2.26. The molecule has 0 spiro atoms. The molecule has 1 fully saturated rings. The molecule has 1 saturated carbocycles. The fourth-order valence-corrected chi connectivity index (χ4v) is 2.57. The van der Waals surface area contributed by atoms with Crippen molar-refractivity contribution < 1.29 is 5.11 Å². The Morgan fingerprint density at radius 2 is 2.13 bits per heavy atom. The van der Waals surface area contributed by atoms with E-state index in [9.17, 15) is 0 Å². The van der Waals surface area contributed by atoms with E-state index < -0.39 is 0 Å². The quantitative estimate of drug-likeness (QED) is 0.637. The Morgan fingerprint density at radius 1 is 1.33 bits per heavy atom. The molecule has 1 rings (SSSR count). The number of nitrogens with one attached hydrogen (secondary N) is 1. The maximum Gasteiger partial charge on any atom is 0.0443 e. The van der Waals surface area contributed by atoms with Gasteiger partial charge in [0, 0.05) is 12.6 Å². The summed E-state index contributed by atoms with van der Waals surface area (Å²) < 4.78 is 0. The van der Waals surface area contributed by atoms with Crippen molar-refractivity contribution in [1.82, 2.24) is 5.32 Å². The zero-order valence-electron chi connectivity index (χ0n) is 10.3. The van der Waals surface area contributed by atoms with Crippen molar-refractivity contribution >= 4 is 0 Å². The number of rotatable bonds is 7. The molecule has 0 heterocycles. The van der Waals surface area contributed by atoms with Crippen molar-refractivity contribution in [3.63, 3.8) is 0 Å². The highest BCUT2D eigenvalue weighted by molar-refractivity contribution is 4.83. The summed E-state index contributed by atoms with van der Waals surface area (Å²) in [7, 11) is 0. The summed E-state index contributed by atoms with van der Waals surface area (Å²) >= 11 is 0. The zero-order valence-corrected chi connectivity index (χ0v) is 10.3. The van der Waals surface area contributed by atoms with Crippen molar-refractivity contribution in [2.45, 2.75) is 58.4 Å². The van der Waals surface area contributed by atoms with Crippen LogP contribution in [-0.4, -0.2) is 24.3 Å². The summed E-state index contributed by atoms with van der Waals surface area (Å²) in [6.45, 7) is 5.92. The third-order valence-corrected chi connectivity index (χ3v) is 3.52. The van der Waals surface area contributed by atoms with Gasteiger partial charge in [-0.1, -0.05) is 26.7 Å². The van der Waals surface area contributed by atoms with Gasteiger partial charge in [-0.05, 0) is 44.1 Å². The lowest BCUT2D eigenvalue weighted by Crippen LogP contribution is -2.33. The molecule has 2 unspecified atom stereocenters. The molecule has 0 bridgehead atoms. The molecule has 0 aromatic rings. The van der Waals surface area contributed by atoms with Crippen LogP contribution >= 0.6 is 0 Å². The van der Waals surface area contributed by atoms with E-state index in [2.05, 4.69) is 19.2 Å². The van der Waals surface area contributed by atoms with Gasteiger partial charge in [0.2, 0.25) is 0 Å². The average Bonchev–Trinajstić information content (AvgIpc) is 2.63.